The number of fused-ring (bicyclic) bond motifs is 1. The summed E-state index contributed by atoms with van der Waals surface area (Å²) in [5.74, 6) is 1.20. The Labute approximate surface area is 109 Å². The van der Waals surface area contributed by atoms with Gasteiger partial charge in [0.15, 0.2) is 0 Å². The number of rotatable bonds is 2. The van der Waals surface area contributed by atoms with Gasteiger partial charge < -0.3 is 0 Å². The molecule has 3 nitrogen and oxygen atoms in total. The van der Waals surface area contributed by atoms with E-state index in [1.807, 2.05) is 19.1 Å². The smallest absolute Gasteiger partial charge is 0.207 e. The van der Waals surface area contributed by atoms with Crippen molar-refractivity contribution in [2.75, 3.05) is 13.1 Å². The van der Waals surface area contributed by atoms with Gasteiger partial charge >= 0.3 is 0 Å². The molecule has 18 heavy (non-hydrogen) atoms. The Morgan fingerprint density at radius 1 is 1.11 bits per heavy atom. The Kier molecular flexibility index (Phi) is 2.94. The first-order valence-corrected chi connectivity index (χ1v) is 8.09. The summed E-state index contributed by atoms with van der Waals surface area (Å²) < 4.78 is 26.9. The van der Waals surface area contributed by atoms with Crippen LogP contribution in [0.5, 0.6) is 0 Å². The lowest BCUT2D eigenvalue weighted by Gasteiger charge is -2.18. The lowest BCUT2D eigenvalue weighted by molar-refractivity contribution is 0.445. The summed E-state index contributed by atoms with van der Waals surface area (Å²) in [6.45, 7) is 3.31. The lowest BCUT2D eigenvalue weighted by atomic mass is 10.0. The van der Waals surface area contributed by atoms with Gasteiger partial charge in [0, 0.05) is 13.1 Å². The van der Waals surface area contributed by atoms with E-state index in [0.29, 0.717) is 16.7 Å². The predicted molar refractivity (Wildman–Crippen MR) is 70.8 cm³/mol. The summed E-state index contributed by atoms with van der Waals surface area (Å²) in [6, 6.07) is 7.27. The van der Waals surface area contributed by atoms with Gasteiger partial charge in [0.05, 0.1) is 4.90 Å². The minimum atomic E-state index is -3.28. The van der Waals surface area contributed by atoms with Crippen molar-refractivity contribution in [3.8, 4) is 0 Å². The summed E-state index contributed by atoms with van der Waals surface area (Å²) in [5.41, 5.74) is 0.842. The molecule has 2 fully saturated rings. The van der Waals surface area contributed by atoms with E-state index in [0.717, 1.165) is 18.7 Å². The molecule has 3 rings (SSSR count). The monoisotopic (exact) mass is 265 g/mol. The Balaban J connectivity index is 1.90. The average molecular weight is 265 g/mol. The van der Waals surface area contributed by atoms with Crippen LogP contribution in [0, 0.1) is 18.8 Å². The summed E-state index contributed by atoms with van der Waals surface area (Å²) in [5, 5.41) is 0. The Bertz CT molecular complexity index is 541. The molecule has 0 aromatic heterocycles. The molecular weight excluding hydrogens is 246 g/mol. The van der Waals surface area contributed by atoms with Gasteiger partial charge in [-0.3, -0.25) is 0 Å². The van der Waals surface area contributed by atoms with E-state index in [9.17, 15) is 8.42 Å². The molecule has 0 N–H and O–H groups in total. The van der Waals surface area contributed by atoms with Crippen molar-refractivity contribution < 1.29 is 8.42 Å². The van der Waals surface area contributed by atoms with Gasteiger partial charge in [-0.1, -0.05) is 24.6 Å². The third kappa shape index (κ3) is 1.88. The molecule has 1 heterocycles. The maximum Gasteiger partial charge on any atom is 0.243 e. The van der Waals surface area contributed by atoms with E-state index < -0.39 is 10.0 Å². The second-order valence-electron chi connectivity index (χ2n) is 5.54. The first-order chi connectivity index (χ1) is 8.59. The zero-order valence-electron chi connectivity index (χ0n) is 10.7. The Hall–Kier alpha value is -0.870. The molecule has 0 radical (unpaired) electrons. The molecule has 1 aliphatic heterocycles. The molecule has 2 aliphatic rings. The van der Waals surface area contributed by atoms with Gasteiger partial charge in [0.25, 0.3) is 0 Å². The van der Waals surface area contributed by atoms with Gasteiger partial charge in [-0.15, -0.1) is 0 Å². The van der Waals surface area contributed by atoms with Crippen molar-refractivity contribution in [1.82, 2.24) is 4.31 Å². The second-order valence-corrected chi connectivity index (χ2v) is 7.44. The topological polar surface area (TPSA) is 37.4 Å². The highest BCUT2D eigenvalue weighted by Crippen LogP contribution is 2.39. The molecule has 1 aromatic rings. The fourth-order valence-corrected chi connectivity index (χ4v) is 5.15. The zero-order valence-corrected chi connectivity index (χ0v) is 11.5. The fourth-order valence-electron chi connectivity index (χ4n) is 3.37. The molecule has 4 heteroatoms. The second kappa shape index (κ2) is 4.35. The predicted octanol–water partition coefficient (Wildman–Crippen LogP) is 2.42. The third-order valence-corrected chi connectivity index (χ3v) is 6.40. The van der Waals surface area contributed by atoms with E-state index in [1.165, 1.54) is 19.3 Å². The number of nitrogens with zero attached hydrogens (tertiary/aromatic N) is 1. The van der Waals surface area contributed by atoms with E-state index >= 15 is 0 Å². The van der Waals surface area contributed by atoms with Gasteiger partial charge in [-0.05, 0) is 43.2 Å². The maximum atomic E-state index is 12.6. The summed E-state index contributed by atoms with van der Waals surface area (Å²) in [7, 11) is -3.28. The fraction of sp³-hybridized carbons (Fsp3) is 0.571. The van der Waals surface area contributed by atoms with Crippen LogP contribution in [-0.2, 0) is 10.0 Å². The van der Waals surface area contributed by atoms with Crippen molar-refractivity contribution in [2.45, 2.75) is 31.1 Å². The van der Waals surface area contributed by atoms with Crippen molar-refractivity contribution >= 4 is 10.0 Å². The van der Waals surface area contributed by atoms with Crippen molar-refractivity contribution in [3.05, 3.63) is 29.8 Å². The molecule has 0 spiro atoms. The third-order valence-electron chi connectivity index (χ3n) is 4.40. The number of aryl methyl sites for hydroxylation is 1. The molecular formula is C14H19NO2S. The molecule has 2 unspecified atom stereocenters. The normalized spacial score (nSPS) is 28.5. The van der Waals surface area contributed by atoms with Gasteiger partial charge in [0.2, 0.25) is 10.0 Å². The minimum absolute atomic E-state index is 0.477. The van der Waals surface area contributed by atoms with Crippen molar-refractivity contribution in [3.63, 3.8) is 0 Å². The van der Waals surface area contributed by atoms with Crippen LogP contribution in [0.1, 0.15) is 24.8 Å². The molecule has 1 aromatic carbocycles. The average Bonchev–Trinajstić information content (AvgIpc) is 2.89. The highest BCUT2D eigenvalue weighted by molar-refractivity contribution is 7.89. The SMILES string of the molecule is Cc1ccccc1S(=O)(=O)N1CC2CCCC2C1. The van der Waals surface area contributed by atoms with Crippen LogP contribution < -0.4 is 0 Å². The number of hydrogen-bond donors (Lipinski definition) is 0. The van der Waals surface area contributed by atoms with Gasteiger partial charge in [-0.2, -0.15) is 4.31 Å². The first-order valence-electron chi connectivity index (χ1n) is 6.65. The van der Waals surface area contributed by atoms with Crippen LogP contribution in [-0.4, -0.2) is 25.8 Å². The van der Waals surface area contributed by atoms with Crippen LogP contribution in [0.4, 0.5) is 0 Å². The molecule has 2 atom stereocenters. The molecule has 0 bridgehead atoms. The van der Waals surface area contributed by atoms with Crippen LogP contribution in [0.25, 0.3) is 0 Å². The quantitative estimate of drug-likeness (QED) is 0.823. The van der Waals surface area contributed by atoms with Crippen LogP contribution in [0.2, 0.25) is 0 Å². The van der Waals surface area contributed by atoms with Crippen LogP contribution in [0.15, 0.2) is 29.2 Å². The number of benzene rings is 1. The highest BCUT2D eigenvalue weighted by Gasteiger charge is 2.41. The van der Waals surface area contributed by atoms with Gasteiger partial charge in [-0.25, -0.2) is 8.42 Å². The molecule has 1 saturated carbocycles. The summed E-state index contributed by atoms with van der Waals surface area (Å²) in [4.78, 5) is 0.477. The van der Waals surface area contributed by atoms with Crippen LogP contribution in [0.3, 0.4) is 0 Å². The summed E-state index contributed by atoms with van der Waals surface area (Å²) >= 11 is 0. The number of sulfonamides is 1. The minimum Gasteiger partial charge on any atom is -0.207 e. The first kappa shape index (κ1) is 12.2. The Morgan fingerprint density at radius 2 is 1.72 bits per heavy atom. The lowest BCUT2D eigenvalue weighted by Crippen LogP contribution is -2.30. The van der Waals surface area contributed by atoms with Crippen LogP contribution >= 0.6 is 0 Å². The summed E-state index contributed by atoms with van der Waals surface area (Å²) in [6.07, 6.45) is 3.67. The molecule has 1 saturated heterocycles. The molecule has 0 amide bonds. The standard InChI is InChI=1S/C14H19NO2S/c1-11-5-2-3-8-14(11)18(16,17)15-9-12-6-4-7-13(12)10-15/h2-3,5,8,12-13H,4,6-7,9-10H2,1H3. The number of hydrogen-bond acceptors (Lipinski definition) is 2. The zero-order chi connectivity index (χ0) is 12.8. The van der Waals surface area contributed by atoms with Crippen molar-refractivity contribution in [2.24, 2.45) is 11.8 Å². The largest absolute Gasteiger partial charge is 0.243 e. The van der Waals surface area contributed by atoms with E-state index in [4.69, 9.17) is 0 Å². The molecule has 1 aliphatic carbocycles. The maximum absolute atomic E-state index is 12.6. The van der Waals surface area contributed by atoms with Crippen molar-refractivity contribution in [1.29, 1.82) is 0 Å². The van der Waals surface area contributed by atoms with E-state index in [2.05, 4.69) is 0 Å². The Morgan fingerprint density at radius 3 is 2.33 bits per heavy atom. The van der Waals surface area contributed by atoms with Gasteiger partial charge in [0.1, 0.15) is 0 Å². The highest BCUT2D eigenvalue weighted by atomic mass is 32.2. The van der Waals surface area contributed by atoms with E-state index in [-0.39, 0.29) is 0 Å². The molecule has 98 valence electrons. The van der Waals surface area contributed by atoms with E-state index in [1.54, 1.807) is 16.4 Å².